The normalized spacial score (nSPS) is 20.9. The summed E-state index contributed by atoms with van der Waals surface area (Å²) >= 11 is 6.23. The summed E-state index contributed by atoms with van der Waals surface area (Å²) in [4.78, 5) is 38.2. The second-order valence-corrected chi connectivity index (χ2v) is 11.5. The van der Waals surface area contributed by atoms with Crippen LogP contribution in [0.1, 0.15) is 75.7 Å². The molecule has 2 fully saturated rings. The Labute approximate surface area is 228 Å². The minimum absolute atomic E-state index is 0.0995. The van der Waals surface area contributed by atoms with Crippen molar-refractivity contribution in [3.05, 3.63) is 88.0 Å². The van der Waals surface area contributed by atoms with Crippen molar-refractivity contribution in [2.75, 3.05) is 26.2 Å². The smallest absolute Gasteiger partial charge is 0.253 e. The maximum Gasteiger partial charge on any atom is 0.253 e. The number of halogens is 1. The summed E-state index contributed by atoms with van der Waals surface area (Å²) in [6, 6.07) is 13.0. The van der Waals surface area contributed by atoms with Crippen LogP contribution in [-0.4, -0.2) is 57.8 Å². The lowest BCUT2D eigenvalue weighted by Gasteiger charge is -2.46. The van der Waals surface area contributed by atoms with Crippen molar-refractivity contribution in [3.8, 4) is 0 Å². The van der Waals surface area contributed by atoms with Crippen LogP contribution in [0.4, 0.5) is 0 Å². The summed E-state index contributed by atoms with van der Waals surface area (Å²) in [5.41, 5.74) is 4.96. The number of hydrogen-bond donors (Lipinski definition) is 2. The van der Waals surface area contributed by atoms with Gasteiger partial charge in [0.05, 0.1) is 23.0 Å². The molecule has 1 spiro atoms. The molecule has 3 aliphatic rings. The van der Waals surface area contributed by atoms with Gasteiger partial charge in [0.15, 0.2) is 0 Å². The summed E-state index contributed by atoms with van der Waals surface area (Å²) in [6.07, 6.45) is 9.88. The highest BCUT2D eigenvalue weighted by atomic mass is 35.5. The van der Waals surface area contributed by atoms with Crippen molar-refractivity contribution in [2.24, 2.45) is 5.41 Å². The molecule has 0 radical (unpaired) electrons. The Kier molecular flexibility index (Phi) is 6.97. The molecule has 7 nitrogen and oxygen atoms in total. The first-order chi connectivity index (χ1) is 18.5. The van der Waals surface area contributed by atoms with E-state index in [4.69, 9.17) is 11.6 Å². The summed E-state index contributed by atoms with van der Waals surface area (Å²) < 4.78 is 0. The van der Waals surface area contributed by atoms with E-state index in [0.717, 1.165) is 64.0 Å². The predicted octanol–water partition coefficient (Wildman–Crippen LogP) is 5.00. The molecule has 2 amide bonds. The number of benzene rings is 2. The number of rotatable bonds is 5. The topological polar surface area (TPSA) is 81.3 Å². The minimum Gasteiger partial charge on any atom is -0.347 e. The van der Waals surface area contributed by atoms with Crippen LogP contribution < -0.4 is 5.32 Å². The van der Waals surface area contributed by atoms with Crippen LogP contribution in [0, 0.1) is 5.41 Å². The van der Waals surface area contributed by atoms with Crippen molar-refractivity contribution in [2.45, 2.75) is 51.1 Å². The molecular weight excluding hydrogens is 498 g/mol. The molecule has 6 rings (SSSR count). The lowest BCUT2D eigenvalue weighted by atomic mass is 9.71. The molecule has 2 saturated heterocycles. The van der Waals surface area contributed by atoms with Gasteiger partial charge in [-0.25, -0.2) is 4.98 Å². The zero-order valence-electron chi connectivity index (χ0n) is 21.6. The third kappa shape index (κ3) is 5.09. The highest BCUT2D eigenvalue weighted by molar-refractivity contribution is 6.33. The van der Waals surface area contributed by atoms with Crippen molar-refractivity contribution in [3.63, 3.8) is 0 Å². The molecule has 0 saturated carbocycles. The zero-order valence-corrected chi connectivity index (χ0v) is 22.3. The minimum atomic E-state index is -0.179. The second-order valence-electron chi connectivity index (χ2n) is 11.1. The Morgan fingerprint density at radius 1 is 1.05 bits per heavy atom. The predicted molar refractivity (Wildman–Crippen MR) is 147 cm³/mol. The van der Waals surface area contributed by atoms with Gasteiger partial charge < -0.3 is 15.2 Å². The number of piperidine rings is 2. The molecule has 2 N–H and O–H groups in total. The Hall–Kier alpha value is -3.16. The maximum atomic E-state index is 13.5. The standard InChI is InChI=1S/C30H34ClN5O2/c31-26-4-2-1-3-24(26)28(37)34-27-8-7-21-5-6-22(17-25(21)27)29(38)36-15-11-30(12-16-36)9-13-35(14-10-30)19-23-18-32-20-33-23/h1-6,17-18,20,27H,7-16,19H2,(H,32,33)(H,34,37). The molecule has 8 heteroatoms. The molecular formula is C30H34ClN5O2. The van der Waals surface area contributed by atoms with Gasteiger partial charge in [0.25, 0.3) is 11.8 Å². The van der Waals surface area contributed by atoms with Gasteiger partial charge in [-0.3, -0.25) is 14.5 Å². The van der Waals surface area contributed by atoms with Gasteiger partial charge in [-0.05, 0) is 92.4 Å². The average Bonchev–Trinajstić information content (AvgIpc) is 3.60. The molecule has 3 aromatic rings. The second kappa shape index (κ2) is 10.5. The lowest BCUT2D eigenvalue weighted by molar-refractivity contribution is 0.0282. The van der Waals surface area contributed by atoms with E-state index >= 15 is 0 Å². The molecule has 1 aromatic heterocycles. The number of aromatic amines is 1. The molecule has 2 aromatic carbocycles. The number of likely N-dealkylation sites (tertiary alicyclic amines) is 2. The van der Waals surface area contributed by atoms with Crippen LogP contribution in [-0.2, 0) is 13.0 Å². The Bertz CT molecular complexity index is 1310. The van der Waals surface area contributed by atoms with Gasteiger partial charge in [0.1, 0.15) is 0 Å². The zero-order chi connectivity index (χ0) is 26.1. The Morgan fingerprint density at radius 2 is 1.82 bits per heavy atom. The Morgan fingerprint density at radius 3 is 2.55 bits per heavy atom. The third-order valence-electron chi connectivity index (χ3n) is 8.87. The van der Waals surface area contributed by atoms with Crippen molar-refractivity contribution in [1.82, 2.24) is 25.1 Å². The SMILES string of the molecule is O=C(NC1CCc2ccc(C(=O)N3CCC4(CCN(Cc5cnc[nH]5)CC4)CC3)cc21)c1ccccc1Cl. The summed E-state index contributed by atoms with van der Waals surface area (Å²) in [5.74, 6) is -0.0791. The van der Waals surface area contributed by atoms with E-state index in [-0.39, 0.29) is 17.9 Å². The van der Waals surface area contributed by atoms with Gasteiger partial charge in [0, 0.05) is 37.1 Å². The highest BCUT2D eigenvalue weighted by Gasteiger charge is 2.39. The first-order valence-corrected chi connectivity index (χ1v) is 14.0. The average molecular weight is 532 g/mol. The number of amides is 2. The van der Waals surface area contributed by atoms with Crippen LogP contribution in [0.15, 0.2) is 55.0 Å². The monoisotopic (exact) mass is 531 g/mol. The number of nitrogens with one attached hydrogen (secondary N) is 2. The van der Waals surface area contributed by atoms with Crippen molar-refractivity contribution in [1.29, 1.82) is 0 Å². The van der Waals surface area contributed by atoms with Gasteiger partial charge in [-0.2, -0.15) is 0 Å². The van der Waals surface area contributed by atoms with Crippen LogP contribution in [0.25, 0.3) is 0 Å². The van der Waals surface area contributed by atoms with E-state index in [1.807, 2.05) is 35.4 Å². The highest BCUT2D eigenvalue weighted by Crippen LogP contribution is 2.42. The fraction of sp³-hybridized carbons (Fsp3) is 0.433. The number of aromatic nitrogens is 2. The summed E-state index contributed by atoms with van der Waals surface area (Å²) in [6.45, 7) is 4.74. The molecule has 2 aliphatic heterocycles. The van der Waals surface area contributed by atoms with Crippen molar-refractivity contribution >= 4 is 23.4 Å². The molecule has 198 valence electrons. The summed E-state index contributed by atoms with van der Waals surface area (Å²) in [7, 11) is 0. The van der Waals surface area contributed by atoms with E-state index in [0.29, 0.717) is 21.6 Å². The van der Waals surface area contributed by atoms with E-state index in [9.17, 15) is 9.59 Å². The number of aryl methyl sites for hydroxylation is 1. The number of carbonyl (C=O) groups excluding carboxylic acids is 2. The first-order valence-electron chi connectivity index (χ1n) is 13.7. The van der Waals surface area contributed by atoms with Crippen LogP contribution in [0.2, 0.25) is 5.02 Å². The van der Waals surface area contributed by atoms with E-state index < -0.39 is 0 Å². The largest absolute Gasteiger partial charge is 0.347 e. The number of carbonyl (C=O) groups is 2. The number of hydrogen-bond acceptors (Lipinski definition) is 4. The van der Waals surface area contributed by atoms with Gasteiger partial charge in [-0.15, -0.1) is 0 Å². The van der Waals surface area contributed by atoms with Crippen molar-refractivity contribution < 1.29 is 9.59 Å². The first kappa shape index (κ1) is 25.1. The van der Waals surface area contributed by atoms with E-state index in [1.54, 1.807) is 18.5 Å². The number of H-pyrrole nitrogens is 1. The molecule has 1 aliphatic carbocycles. The molecule has 3 heterocycles. The van der Waals surface area contributed by atoms with Crippen LogP contribution in [0.3, 0.4) is 0 Å². The molecule has 1 unspecified atom stereocenters. The van der Waals surface area contributed by atoms with Crippen LogP contribution >= 0.6 is 11.6 Å². The fourth-order valence-electron chi connectivity index (χ4n) is 6.43. The van der Waals surface area contributed by atoms with Gasteiger partial charge in [0.2, 0.25) is 0 Å². The lowest BCUT2D eigenvalue weighted by Crippen LogP contribution is -2.48. The van der Waals surface area contributed by atoms with Crippen LogP contribution in [0.5, 0.6) is 0 Å². The molecule has 0 bridgehead atoms. The Balaban J connectivity index is 1.06. The molecule has 38 heavy (non-hydrogen) atoms. The fourth-order valence-corrected chi connectivity index (χ4v) is 6.65. The van der Waals surface area contributed by atoms with E-state index in [1.165, 1.54) is 24.1 Å². The number of fused-ring (bicyclic) bond motifs is 1. The quantitative estimate of drug-likeness (QED) is 0.485. The summed E-state index contributed by atoms with van der Waals surface area (Å²) in [5, 5.41) is 3.58. The number of nitrogens with zero attached hydrogens (tertiary/aromatic N) is 3. The van der Waals surface area contributed by atoms with Gasteiger partial charge >= 0.3 is 0 Å². The number of imidazole rings is 1. The van der Waals surface area contributed by atoms with Gasteiger partial charge in [-0.1, -0.05) is 29.8 Å². The third-order valence-corrected chi connectivity index (χ3v) is 9.20. The van der Waals surface area contributed by atoms with E-state index in [2.05, 4.69) is 26.3 Å². The maximum absolute atomic E-state index is 13.5. The molecule has 1 atom stereocenters.